The maximum absolute atomic E-state index is 12.3. The van der Waals surface area contributed by atoms with Gasteiger partial charge in [0.25, 0.3) is 5.91 Å². The summed E-state index contributed by atoms with van der Waals surface area (Å²) in [5.41, 5.74) is 1.41. The Balaban J connectivity index is 1.64. The third-order valence-electron chi connectivity index (χ3n) is 4.56. The van der Waals surface area contributed by atoms with Gasteiger partial charge in [-0.05, 0) is 43.5 Å². The van der Waals surface area contributed by atoms with E-state index in [-0.39, 0.29) is 17.9 Å². The van der Waals surface area contributed by atoms with Gasteiger partial charge in [-0.25, -0.2) is 0 Å². The normalized spacial score (nSPS) is 25.3. The fraction of sp³-hybridized carbons (Fsp3) is 0.529. The van der Waals surface area contributed by atoms with Crippen molar-refractivity contribution in [3.05, 3.63) is 29.8 Å². The van der Waals surface area contributed by atoms with Crippen LogP contribution in [0.3, 0.4) is 0 Å². The van der Waals surface area contributed by atoms with Crippen LogP contribution in [-0.2, 0) is 4.79 Å². The molecule has 0 spiro atoms. The molecule has 2 N–H and O–H groups in total. The highest BCUT2D eigenvalue weighted by molar-refractivity contribution is 5.97. The summed E-state index contributed by atoms with van der Waals surface area (Å²) >= 11 is 0. The van der Waals surface area contributed by atoms with E-state index in [1.807, 2.05) is 12.1 Å². The smallest absolute Gasteiger partial charge is 0.251 e. The molecule has 0 bridgehead atoms. The first-order chi connectivity index (χ1) is 10.6. The van der Waals surface area contributed by atoms with Crippen LogP contribution in [0.25, 0.3) is 0 Å². The molecule has 1 saturated carbocycles. The van der Waals surface area contributed by atoms with E-state index in [1.54, 1.807) is 17.0 Å². The molecule has 5 nitrogen and oxygen atoms in total. The molecule has 1 saturated heterocycles. The summed E-state index contributed by atoms with van der Waals surface area (Å²) in [6.07, 6.45) is 4.68. The number of benzene rings is 1. The van der Waals surface area contributed by atoms with E-state index in [1.165, 1.54) is 0 Å². The highest BCUT2D eigenvalue weighted by atomic mass is 16.3. The van der Waals surface area contributed by atoms with Crippen LogP contribution < -0.4 is 10.2 Å². The highest BCUT2D eigenvalue weighted by Crippen LogP contribution is 2.22. The topological polar surface area (TPSA) is 69.6 Å². The molecule has 1 aromatic rings. The van der Waals surface area contributed by atoms with Gasteiger partial charge in [-0.2, -0.15) is 0 Å². The standard InChI is InChI=1S/C17H22N2O3/c20-15-5-2-1-4-14(15)18-17(22)12-7-9-13(10-8-12)19-11-3-6-16(19)21/h7-10,14-15,20H,1-6,11H2,(H,18,22). The molecule has 1 aromatic carbocycles. The minimum absolute atomic E-state index is 0.141. The third-order valence-corrected chi connectivity index (χ3v) is 4.56. The number of carbonyl (C=O) groups is 2. The number of carbonyl (C=O) groups excluding carboxylic acids is 2. The fourth-order valence-electron chi connectivity index (χ4n) is 3.25. The number of aliphatic hydroxyl groups excluding tert-OH is 1. The van der Waals surface area contributed by atoms with Crippen LogP contribution in [0.15, 0.2) is 24.3 Å². The van der Waals surface area contributed by atoms with E-state index < -0.39 is 6.10 Å². The number of nitrogens with zero attached hydrogens (tertiary/aromatic N) is 1. The van der Waals surface area contributed by atoms with Crippen molar-refractivity contribution in [2.24, 2.45) is 0 Å². The first kappa shape index (κ1) is 15.0. The van der Waals surface area contributed by atoms with Gasteiger partial charge in [0.1, 0.15) is 0 Å². The van der Waals surface area contributed by atoms with Crippen molar-refractivity contribution in [2.45, 2.75) is 50.7 Å². The average Bonchev–Trinajstić information content (AvgIpc) is 2.96. The Morgan fingerprint density at radius 2 is 1.86 bits per heavy atom. The van der Waals surface area contributed by atoms with Gasteiger partial charge < -0.3 is 15.3 Å². The largest absolute Gasteiger partial charge is 0.391 e. The lowest BCUT2D eigenvalue weighted by Gasteiger charge is -2.28. The zero-order valence-corrected chi connectivity index (χ0v) is 12.6. The molecule has 118 valence electrons. The predicted octanol–water partition coefficient (Wildman–Crippen LogP) is 1.85. The summed E-state index contributed by atoms with van der Waals surface area (Å²) in [6.45, 7) is 0.749. The first-order valence-corrected chi connectivity index (χ1v) is 8.04. The molecule has 1 aliphatic heterocycles. The second-order valence-corrected chi connectivity index (χ2v) is 6.13. The van der Waals surface area contributed by atoms with Gasteiger partial charge in [-0.15, -0.1) is 0 Å². The molecule has 2 unspecified atom stereocenters. The maximum atomic E-state index is 12.3. The number of hydrogen-bond donors (Lipinski definition) is 2. The van der Waals surface area contributed by atoms with Crippen LogP contribution in [0, 0.1) is 0 Å². The van der Waals surface area contributed by atoms with Gasteiger partial charge in [-0.1, -0.05) is 12.8 Å². The Morgan fingerprint density at radius 1 is 1.14 bits per heavy atom. The molecule has 5 heteroatoms. The Kier molecular flexibility index (Phi) is 4.43. The van der Waals surface area contributed by atoms with Crippen LogP contribution in [0.5, 0.6) is 0 Å². The summed E-state index contributed by atoms with van der Waals surface area (Å²) in [5, 5.41) is 12.8. The number of nitrogens with one attached hydrogen (secondary N) is 1. The van der Waals surface area contributed by atoms with Crippen LogP contribution >= 0.6 is 0 Å². The molecule has 2 fully saturated rings. The molecule has 22 heavy (non-hydrogen) atoms. The lowest BCUT2D eigenvalue weighted by atomic mass is 9.92. The van der Waals surface area contributed by atoms with Crippen molar-refractivity contribution in [3.63, 3.8) is 0 Å². The lowest BCUT2D eigenvalue weighted by molar-refractivity contribution is -0.117. The molecule has 0 aromatic heterocycles. The molecular formula is C17H22N2O3. The number of aliphatic hydroxyl groups is 1. The fourth-order valence-corrected chi connectivity index (χ4v) is 3.25. The molecule has 2 amide bonds. The zero-order chi connectivity index (χ0) is 15.5. The minimum atomic E-state index is -0.445. The van der Waals surface area contributed by atoms with Crippen molar-refractivity contribution in [3.8, 4) is 0 Å². The van der Waals surface area contributed by atoms with Gasteiger partial charge in [0, 0.05) is 24.2 Å². The number of amides is 2. The second-order valence-electron chi connectivity index (χ2n) is 6.13. The Labute approximate surface area is 130 Å². The van der Waals surface area contributed by atoms with Gasteiger partial charge >= 0.3 is 0 Å². The van der Waals surface area contributed by atoms with Crippen LogP contribution in [0.1, 0.15) is 48.9 Å². The van der Waals surface area contributed by atoms with E-state index in [2.05, 4.69) is 5.32 Å². The molecule has 3 rings (SSSR count). The zero-order valence-electron chi connectivity index (χ0n) is 12.6. The molecular weight excluding hydrogens is 280 g/mol. The maximum Gasteiger partial charge on any atom is 0.251 e. The van der Waals surface area contributed by atoms with E-state index in [0.717, 1.165) is 44.3 Å². The molecule has 1 aliphatic carbocycles. The third kappa shape index (κ3) is 3.14. The van der Waals surface area contributed by atoms with Crippen LogP contribution in [0.2, 0.25) is 0 Å². The number of rotatable bonds is 3. The quantitative estimate of drug-likeness (QED) is 0.895. The lowest BCUT2D eigenvalue weighted by Crippen LogP contribution is -2.45. The Hall–Kier alpha value is -1.88. The van der Waals surface area contributed by atoms with E-state index in [4.69, 9.17) is 0 Å². The molecule has 1 heterocycles. The van der Waals surface area contributed by atoms with Crippen LogP contribution in [0.4, 0.5) is 5.69 Å². The summed E-state index contributed by atoms with van der Waals surface area (Å²) in [4.78, 5) is 25.7. The average molecular weight is 302 g/mol. The van der Waals surface area contributed by atoms with Gasteiger partial charge in [0.05, 0.1) is 12.1 Å². The number of anilines is 1. The van der Waals surface area contributed by atoms with Crippen molar-refractivity contribution < 1.29 is 14.7 Å². The highest BCUT2D eigenvalue weighted by Gasteiger charge is 2.25. The Morgan fingerprint density at radius 3 is 2.50 bits per heavy atom. The molecule has 2 aliphatic rings. The monoisotopic (exact) mass is 302 g/mol. The molecule has 2 atom stereocenters. The van der Waals surface area contributed by atoms with Crippen molar-refractivity contribution in [1.29, 1.82) is 0 Å². The SMILES string of the molecule is O=C(NC1CCCCC1O)c1ccc(N2CCCC2=O)cc1. The summed E-state index contributed by atoms with van der Waals surface area (Å²) in [5.74, 6) is -0.0206. The second kappa shape index (κ2) is 6.48. The van der Waals surface area contributed by atoms with Crippen molar-refractivity contribution in [1.82, 2.24) is 5.32 Å². The van der Waals surface area contributed by atoms with E-state index >= 15 is 0 Å². The number of hydrogen-bond acceptors (Lipinski definition) is 3. The Bertz CT molecular complexity index is 556. The van der Waals surface area contributed by atoms with E-state index in [0.29, 0.717) is 12.0 Å². The summed E-state index contributed by atoms with van der Waals surface area (Å²) in [7, 11) is 0. The van der Waals surface area contributed by atoms with Crippen LogP contribution in [-0.4, -0.2) is 35.6 Å². The van der Waals surface area contributed by atoms with E-state index in [9.17, 15) is 14.7 Å². The van der Waals surface area contributed by atoms with Crippen molar-refractivity contribution in [2.75, 3.05) is 11.4 Å². The van der Waals surface area contributed by atoms with Gasteiger partial charge in [0.15, 0.2) is 0 Å². The summed E-state index contributed by atoms with van der Waals surface area (Å²) in [6, 6.07) is 6.96. The van der Waals surface area contributed by atoms with Gasteiger partial charge in [-0.3, -0.25) is 9.59 Å². The first-order valence-electron chi connectivity index (χ1n) is 8.04. The molecule has 0 radical (unpaired) electrons. The summed E-state index contributed by atoms with van der Waals surface area (Å²) < 4.78 is 0. The predicted molar refractivity (Wildman–Crippen MR) is 83.8 cm³/mol. The minimum Gasteiger partial charge on any atom is -0.391 e. The van der Waals surface area contributed by atoms with Gasteiger partial charge in [0.2, 0.25) is 5.91 Å². The van der Waals surface area contributed by atoms with Crippen molar-refractivity contribution >= 4 is 17.5 Å².